The van der Waals surface area contributed by atoms with Gasteiger partial charge in [-0.15, -0.1) is 16.8 Å². The number of aromatic carboxylic acids is 1. The number of thiophene rings is 1. The van der Waals surface area contributed by atoms with Crippen LogP contribution in [0.5, 0.6) is 0 Å². The number of rotatable bonds is 3. The molecule has 0 unspecified atom stereocenters. The summed E-state index contributed by atoms with van der Waals surface area (Å²) < 4.78 is 1.75. The molecule has 22 heavy (non-hydrogen) atoms. The van der Waals surface area contributed by atoms with E-state index < -0.39 is 5.97 Å². The Kier molecular flexibility index (Phi) is 3.77. The zero-order valence-corrected chi connectivity index (χ0v) is 12.8. The molecule has 1 aliphatic rings. The van der Waals surface area contributed by atoms with Crippen LogP contribution in [-0.4, -0.2) is 27.4 Å². The van der Waals surface area contributed by atoms with Crippen LogP contribution in [-0.2, 0) is 4.79 Å². The fraction of sp³-hybridized carbons (Fsp3) is 0.188. The number of hydrazone groups is 1. The van der Waals surface area contributed by atoms with Gasteiger partial charge in [0.2, 0.25) is 11.4 Å². The largest absolute Gasteiger partial charge is 0.478 e. The molecule has 0 spiro atoms. The van der Waals surface area contributed by atoms with Gasteiger partial charge in [0.25, 0.3) is 5.91 Å². The molecule has 0 saturated heterocycles. The number of carbonyl (C=O) groups excluding carboxylic acids is 1. The summed E-state index contributed by atoms with van der Waals surface area (Å²) >= 11 is 1.68. The van der Waals surface area contributed by atoms with Crippen LogP contribution in [0.25, 0.3) is 0 Å². The average molecular weight is 315 g/mol. The summed E-state index contributed by atoms with van der Waals surface area (Å²) in [5.41, 5.74) is 4.86. The van der Waals surface area contributed by atoms with E-state index in [0.29, 0.717) is 12.8 Å². The van der Waals surface area contributed by atoms with Crippen LogP contribution < -0.4 is 5.43 Å². The second-order valence-corrected chi connectivity index (χ2v) is 6.37. The van der Waals surface area contributed by atoms with Crippen molar-refractivity contribution in [2.45, 2.75) is 19.8 Å². The van der Waals surface area contributed by atoms with Gasteiger partial charge in [0.05, 0.1) is 10.4 Å². The summed E-state index contributed by atoms with van der Waals surface area (Å²) in [6.07, 6.45) is 1.11. The van der Waals surface area contributed by atoms with Gasteiger partial charge in [-0.2, -0.15) is 0 Å². The Bertz CT molecular complexity index is 775. The summed E-state index contributed by atoms with van der Waals surface area (Å²) in [4.78, 5) is 25.0. The predicted molar refractivity (Wildman–Crippen MR) is 83.9 cm³/mol. The van der Waals surface area contributed by atoms with Gasteiger partial charge in [-0.1, -0.05) is 4.68 Å². The van der Waals surface area contributed by atoms with E-state index in [1.807, 2.05) is 13.0 Å². The molecule has 1 aromatic carbocycles. The van der Waals surface area contributed by atoms with Gasteiger partial charge in [-0.3, -0.25) is 4.79 Å². The maximum Gasteiger partial charge on any atom is 0.335 e. The zero-order chi connectivity index (χ0) is 15.7. The lowest BCUT2D eigenvalue weighted by Gasteiger charge is -2.13. The minimum Gasteiger partial charge on any atom is -0.478 e. The van der Waals surface area contributed by atoms with Crippen LogP contribution in [0, 0.1) is 6.92 Å². The van der Waals surface area contributed by atoms with E-state index in [1.165, 1.54) is 17.0 Å². The van der Waals surface area contributed by atoms with E-state index >= 15 is 0 Å². The van der Waals surface area contributed by atoms with Crippen LogP contribution in [0.2, 0.25) is 0 Å². The van der Waals surface area contributed by atoms with E-state index in [4.69, 9.17) is 5.11 Å². The third-order valence-corrected chi connectivity index (χ3v) is 4.54. The van der Waals surface area contributed by atoms with Crippen molar-refractivity contribution >= 4 is 34.6 Å². The van der Waals surface area contributed by atoms with Gasteiger partial charge in [0.15, 0.2) is 0 Å². The Morgan fingerprint density at radius 3 is 2.50 bits per heavy atom. The number of carbonyl (C=O) groups is 2. The molecule has 112 valence electrons. The summed E-state index contributed by atoms with van der Waals surface area (Å²) in [6.45, 7) is 2.04. The molecule has 0 aliphatic carbocycles. The first-order valence-electron chi connectivity index (χ1n) is 6.90. The molecule has 2 N–H and O–H groups in total. The van der Waals surface area contributed by atoms with Crippen molar-refractivity contribution < 1.29 is 19.4 Å². The van der Waals surface area contributed by atoms with Gasteiger partial charge in [0.1, 0.15) is 0 Å². The molecule has 0 saturated carbocycles. The number of hydrazine groups is 1. The van der Waals surface area contributed by atoms with Crippen molar-refractivity contribution in [3.8, 4) is 0 Å². The zero-order valence-electron chi connectivity index (χ0n) is 12.0. The Morgan fingerprint density at radius 2 is 1.91 bits per heavy atom. The quantitative estimate of drug-likeness (QED) is 0.856. The van der Waals surface area contributed by atoms with Crippen LogP contribution >= 0.6 is 11.3 Å². The van der Waals surface area contributed by atoms with Crippen molar-refractivity contribution in [3.05, 3.63) is 51.7 Å². The maximum absolute atomic E-state index is 11.7. The number of aryl methyl sites for hydroxylation is 1. The standard InChI is InChI=1S/C16H14N2O3S/c1-10-2-8-14(22-10)13-7-9-15(19)17-18(13)12-5-3-11(4-6-12)16(20)21/h2-6,8H,7,9H2,1H3,(H-,17,19,20,21)/p+1. The molecule has 3 rings (SSSR count). The molecule has 1 aromatic heterocycles. The lowest BCUT2D eigenvalue weighted by molar-refractivity contribution is -0.496. The number of amides is 1. The number of nitrogens with one attached hydrogen (secondary N) is 1. The average Bonchev–Trinajstić information content (AvgIpc) is 2.93. The number of hydrogen-bond acceptors (Lipinski definition) is 3. The second kappa shape index (κ2) is 5.73. The third-order valence-electron chi connectivity index (χ3n) is 3.49. The fourth-order valence-corrected chi connectivity index (χ4v) is 3.32. The van der Waals surface area contributed by atoms with E-state index in [2.05, 4.69) is 11.5 Å². The molecule has 6 heteroatoms. The molecule has 1 amide bonds. The van der Waals surface area contributed by atoms with Gasteiger partial charge in [0, 0.05) is 29.9 Å². The Labute approximate surface area is 131 Å². The highest BCUT2D eigenvalue weighted by Gasteiger charge is 2.29. The Morgan fingerprint density at radius 1 is 1.18 bits per heavy atom. The van der Waals surface area contributed by atoms with Crippen molar-refractivity contribution in [1.82, 2.24) is 5.43 Å². The number of nitrogens with zero attached hydrogens (tertiary/aromatic N) is 1. The normalized spacial score (nSPS) is 14.9. The SMILES string of the molecule is Cc1ccc(C2=[N+](c3ccc(C(=O)O)cc3)NC(=O)CC2)s1. The molecule has 0 atom stereocenters. The third kappa shape index (κ3) is 2.78. The molecule has 2 aromatic rings. The molecule has 0 radical (unpaired) electrons. The molecule has 0 fully saturated rings. The highest BCUT2D eigenvalue weighted by molar-refractivity contribution is 7.14. The van der Waals surface area contributed by atoms with Crippen molar-refractivity contribution in [1.29, 1.82) is 0 Å². The molecular formula is C16H15N2O3S+. The first kappa shape index (κ1) is 14.5. The van der Waals surface area contributed by atoms with Gasteiger partial charge in [-0.05, 0) is 31.2 Å². The molecule has 2 heterocycles. The number of benzene rings is 1. The Hall–Kier alpha value is -2.47. The summed E-state index contributed by atoms with van der Waals surface area (Å²) in [5, 5.41) is 8.97. The summed E-state index contributed by atoms with van der Waals surface area (Å²) in [7, 11) is 0. The second-order valence-electron chi connectivity index (χ2n) is 5.08. The lowest BCUT2D eigenvalue weighted by Crippen LogP contribution is -2.40. The van der Waals surface area contributed by atoms with Crippen molar-refractivity contribution in [2.75, 3.05) is 0 Å². The smallest absolute Gasteiger partial charge is 0.335 e. The van der Waals surface area contributed by atoms with Crippen molar-refractivity contribution in [2.24, 2.45) is 0 Å². The first-order valence-corrected chi connectivity index (χ1v) is 7.72. The Balaban J connectivity index is 2.07. The van der Waals surface area contributed by atoms with Crippen LogP contribution in [0.3, 0.4) is 0 Å². The number of carboxylic acid groups (broad SMARTS) is 1. The van der Waals surface area contributed by atoms with Gasteiger partial charge in [-0.25, -0.2) is 4.79 Å². The van der Waals surface area contributed by atoms with Gasteiger partial charge < -0.3 is 5.11 Å². The highest BCUT2D eigenvalue weighted by Crippen LogP contribution is 2.23. The lowest BCUT2D eigenvalue weighted by atomic mass is 10.1. The number of carboxylic acids is 1. The predicted octanol–water partition coefficient (Wildman–Crippen LogP) is 2.71. The van der Waals surface area contributed by atoms with E-state index in [0.717, 1.165) is 16.3 Å². The van der Waals surface area contributed by atoms with E-state index in [1.54, 1.807) is 28.2 Å². The van der Waals surface area contributed by atoms with Crippen molar-refractivity contribution in [3.63, 3.8) is 0 Å². The van der Waals surface area contributed by atoms with E-state index in [9.17, 15) is 9.59 Å². The van der Waals surface area contributed by atoms with Crippen LogP contribution in [0.1, 0.15) is 33.0 Å². The minimum atomic E-state index is -0.965. The van der Waals surface area contributed by atoms with E-state index in [-0.39, 0.29) is 11.5 Å². The highest BCUT2D eigenvalue weighted by atomic mass is 32.1. The topological polar surface area (TPSA) is 69.4 Å². The molecular weight excluding hydrogens is 300 g/mol. The molecule has 0 bridgehead atoms. The summed E-state index contributed by atoms with van der Waals surface area (Å²) in [6, 6.07) is 10.6. The summed E-state index contributed by atoms with van der Waals surface area (Å²) in [5.74, 6) is -1.01. The monoisotopic (exact) mass is 315 g/mol. The minimum absolute atomic E-state index is 0.0423. The fourth-order valence-electron chi connectivity index (χ4n) is 2.39. The first-order chi connectivity index (χ1) is 10.5. The van der Waals surface area contributed by atoms with Crippen LogP contribution in [0.15, 0.2) is 36.4 Å². The molecule has 5 nitrogen and oxygen atoms in total. The van der Waals surface area contributed by atoms with Gasteiger partial charge >= 0.3 is 5.97 Å². The maximum atomic E-state index is 11.7. The van der Waals surface area contributed by atoms with Crippen LogP contribution in [0.4, 0.5) is 5.69 Å². The molecule has 1 aliphatic heterocycles. The number of hydrogen-bond donors (Lipinski definition) is 2.